The molecule has 1 heterocycles. The topological polar surface area (TPSA) is 50.7 Å². The molecule has 1 aromatic heterocycles. The number of rotatable bonds is 0. The zero-order chi connectivity index (χ0) is 11.0. The first-order valence-electron chi connectivity index (χ1n) is 4.04. The molecule has 0 saturated heterocycles. The van der Waals surface area contributed by atoms with Crippen molar-refractivity contribution in [2.75, 3.05) is 0 Å². The SMILES string of the molecule is N#Cc1c(Cl)ccc2cc(Cl)c[n+]([O-])c12. The molecule has 0 unspecified atom stereocenters. The fourth-order valence-corrected chi connectivity index (χ4v) is 1.81. The lowest BCUT2D eigenvalue weighted by Crippen LogP contribution is -2.27. The number of benzene rings is 1. The molecule has 0 amide bonds. The van der Waals surface area contributed by atoms with Gasteiger partial charge in [-0.1, -0.05) is 23.2 Å². The molecule has 0 aliphatic carbocycles. The Morgan fingerprint density at radius 3 is 2.73 bits per heavy atom. The lowest BCUT2D eigenvalue weighted by atomic mass is 10.1. The quantitative estimate of drug-likeness (QED) is 0.524. The number of nitrogens with zero attached hydrogens (tertiary/aromatic N) is 2. The van der Waals surface area contributed by atoms with Crippen LogP contribution in [0.3, 0.4) is 0 Å². The van der Waals surface area contributed by atoms with Crippen LogP contribution in [-0.4, -0.2) is 0 Å². The van der Waals surface area contributed by atoms with E-state index in [1.54, 1.807) is 18.2 Å². The first kappa shape index (κ1) is 10.0. The Kier molecular flexibility index (Phi) is 2.39. The van der Waals surface area contributed by atoms with Crippen molar-refractivity contribution in [3.63, 3.8) is 0 Å². The van der Waals surface area contributed by atoms with E-state index in [0.29, 0.717) is 15.1 Å². The Hall–Kier alpha value is -1.50. The second kappa shape index (κ2) is 3.58. The van der Waals surface area contributed by atoms with E-state index in [-0.39, 0.29) is 16.1 Å². The van der Waals surface area contributed by atoms with Crippen LogP contribution in [0.4, 0.5) is 0 Å². The molecular weight excluding hydrogens is 235 g/mol. The standard InChI is InChI=1S/C10H4Cl2N2O/c11-7-3-6-1-2-9(12)8(4-13)10(6)14(15)5-7/h1-3,5H. The van der Waals surface area contributed by atoms with Crippen molar-refractivity contribution in [1.82, 2.24) is 0 Å². The Labute approximate surface area is 95.7 Å². The lowest BCUT2D eigenvalue weighted by Gasteiger charge is -2.04. The summed E-state index contributed by atoms with van der Waals surface area (Å²) in [5.74, 6) is 0. The van der Waals surface area contributed by atoms with E-state index >= 15 is 0 Å². The van der Waals surface area contributed by atoms with Crippen LogP contribution in [0.2, 0.25) is 10.0 Å². The van der Waals surface area contributed by atoms with Gasteiger partial charge in [-0.25, -0.2) is 0 Å². The van der Waals surface area contributed by atoms with Crippen molar-refractivity contribution in [2.45, 2.75) is 0 Å². The van der Waals surface area contributed by atoms with E-state index < -0.39 is 0 Å². The Morgan fingerprint density at radius 1 is 1.33 bits per heavy atom. The monoisotopic (exact) mass is 238 g/mol. The van der Waals surface area contributed by atoms with E-state index in [2.05, 4.69) is 0 Å². The molecule has 74 valence electrons. The van der Waals surface area contributed by atoms with Gasteiger partial charge in [-0.3, -0.25) is 0 Å². The van der Waals surface area contributed by atoms with Gasteiger partial charge < -0.3 is 5.21 Å². The predicted octanol–water partition coefficient (Wildman–Crippen LogP) is 2.65. The molecule has 0 bridgehead atoms. The van der Waals surface area contributed by atoms with Crippen molar-refractivity contribution < 1.29 is 4.73 Å². The van der Waals surface area contributed by atoms with Crippen LogP contribution >= 0.6 is 23.2 Å². The van der Waals surface area contributed by atoms with Crippen molar-refractivity contribution in [2.24, 2.45) is 0 Å². The fraction of sp³-hybridized carbons (Fsp3) is 0. The van der Waals surface area contributed by atoms with Crippen molar-refractivity contribution in [3.8, 4) is 6.07 Å². The summed E-state index contributed by atoms with van der Waals surface area (Å²) in [6.07, 6.45) is 1.20. The summed E-state index contributed by atoms with van der Waals surface area (Å²) in [4.78, 5) is 0. The summed E-state index contributed by atoms with van der Waals surface area (Å²) in [6.45, 7) is 0. The van der Waals surface area contributed by atoms with Gasteiger partial charge in [0.2, 0.25) is 5.52 Å². The molecule has 0 saturated carbocycles. The Morgan fingerprint density at radius 2 is 2.07 bits per heavy atom. The average Bonchev–Trinajstić information content (AvgIpc) is 2.18. The van der Waals surface area contributed by atoms with Gasteiger partial charge in [0.15, 0.2) is 6.20 Å². The predicted molar refractivity (Wildman–Crippen MR) is 57.6 cm³/mol. The van der Waals surface area contributed by atoms with Gasteiger partial charge >= 0.3 is 0 Å². The molecule has 0 atom stereocenters. The second-order valence-corrected chi connectivity index (χ2v) is 3.80. The highest BCUT2D eigenvalue weighted by molar-refractivity contribution is 6.33. The molecule has 3 nitrogen and oxygen atoms in total. The first-order chi connectivity index (χ1) is 7.13. The number of fused-ring (bicyclic) bond motifs is 1. The third-order valence-corrected chi connectivity index (χ3v) is 2.55. The third kappa shape index (κ3) is 1.58. The van der Waals surface area contributed by atoms with Crippen molar-refractivity contribution in [3.05, 3.63) is 45.2 Å². The summed E-state index contributed by atoms with van der Waals surface area (Å²) in [7, 11) is 0. The molecule has 2 aromatic rings. The number of hydrogen-bond acceptors (Lipinski definition) is 2. The number of aromatic nitrogens is 1. The molecule has 1 aromatic carbocycles. The summed E-state index contributed by atoms with van der Waals surface area (Å²) in [5.41, 5.74) is 0.412. The zero-order valence-electron chi connectivity index (χ0n) is 7.37. The molecule has 0 aliphatic rings. The van der Waals surface area contributed by atoms with Gasteiger partial charge in [0.25, 0.3) is 0 Å². The van der Waals surface area contributed by atoms with E-state index in [4.69, 9.17) is 28.5 Å². The lowest BCUT2D eigenvalue weighted by molar-refractivity contribution is -0.577. The Bertz CT molecular complexity index is 590. The number of hydrogen-bond donors (Lipinski definition) is 0. The second-order valence-electron chi connectivity index (χ2n) is 2.96. The van der Waals surface area contributed by atoms with E-state index in [1.165, 1.54) is 6.20 Å². The summed E-state index contributed by atoms with van der Waals surface area (Å²) in [5, 5.41) is 21.6. The van der Waals surface area contributed by atoms with Gasteiger partial charge in [0.1, 0.15) is 16.7 Å². The maximum atomic E-state index is 11.6. The minimum atomic E-state index is 0.167. The summed E-state index contributed by atoms with van der Waals surface area (Å²) >= 11 is 11.5. The molecule has 0 spiro atoms. The molecule has 0 aliphatic heterocycles. The van der Waals surface area contributed by atoms with Crippen LogP contribution in [0.1, 0.15) is 5.56 Å². The molecular formula is C10H4Cl2N2O. The summed E-state index contributed by atoms with van der Waals surface area (Å²) in [6, 6.07) is 6.74. The first-order valence-corrected chi connectivity index (χ1v) is 4.80. The molecule has 5 heteroatoms. The van der Waals surface area contributed by atoms with E-state index in [1.807, 2.05) is 6.07 Å². The smallest absolute Gasteiger partial charge is 0.243 e. The number of halogens is 2. The van der Waals surface area contributed by atoms with Crippen LogP contribution < -0.4 is 4.73 Å². The van der Waals surface area contributed by atoms with Gasteiger partial charge in [-0.2, -0.15) is 9.99 Å². The van der Waals surface area contributed by atoms with E-state index in [9.17, 15) is 5.21 Å². The largest absolute Gasteiger partial charge is 0.618 e. The van der Waals surface area contributed by atoms with Gasteiger partial charge in [-0.05, 0) is 18.2 Å². The van der Waals surface area contributed by atoms with Crippen LogP contribution in [0.5, 0.6) is 0 Å². The maximum absolute atomic E-state index is 11.6. The van der Waals surface area contributed by atoms with Gasteiger partial charge in [0.05, 0.1) is 10.4 Å². The minimum absolute atomic E-state index is 0.167. The molecule has 2 rings (SSSR count). The Balaban J connectivity index is 3.00. The highest BCUT2D eigenvalue weighted by Gasteiger charge is 2.14. The van der Waals surface area contributed by atoms with Crippen LogP contribution in [0.15, 0.2) is 24.4 Å². The van der Waals surface area contributed by atoms with Crippen LogP contribution in [0.25, 0.3) is 10.9 Å². The molecule has 0 radical (unpaired) electrons. The van der Waals surface area contributed by atoms with Crippen molar-refractivity contribution >= 4 is 34.1 Å². The normalized spacial score (nSPS) is 10.2. The molecule has 0 fully saturated rings. The highest BCUT2D eigenvalue weighted by Crippen LogP contribution is 2.24. The highest BCUT2D eigenvalue weighted by atomic mass is 35.5. The third-order valence-electron chi connectivity index (χ3n) is 2.02. The summed E-state index contributed by atoms with van der Waals surface area (Å²) < 4.78 is 0.558. The number of pyridine rings is 1. The zero-order valence-corrected chi connectivity index (χ0v) is 8.88. The van der Waals surface area contributed by atoms with Gasteiger partial charge in [-0.15, -0.1) is 0 Å². The van der Waals surface area contributed by atoms with Crippen LogP contribution in [0, 0.1) is 16.5 Å². The fourth-order valence-electron chi connectivity index (χ4n) is 1.41. The molecule has 0 N–H and O–H groups in total. The minimum Gasteiger partial charge on any atom is -0.618 e. The number of nitriles is 1. The van der Waals surface area contributed by atoms with Gasteiger partial charge in [0, 0.05) is 0 Å². The van der Waals surface area contributed by atoms with Crippen molar-refractivity contribution in [1.29, 1.82) is 5.26 Å². The maximum Gasteiger partial charge on any atom is 0.243 e. The molecule has 15 heavy (non-hydrogen) atoms. The van der Waals surface area contributed by atoms with Crippen LogP contribution in [-0.2, 0) is 0 Å². The van der Waals surface area contributed by atoms with E-state index in [0.717, 1.165) is 0 Å². The average molecular weight is 239 g/mol.